The number of ether oxygens (including phenoxy) is 3. The lowest BCUT2D eigenvalue weighted by atomic mass is 10.0. The second-order valence-corrected chi connectivity index (χ2v) is 6.91. The SMILES string of the molecule is COc1cc(/C=C(/C#N)c2ccccc2)ccc1OC(=O)COc1cccc(C)c1C. The summed E-state index contributed by atoms with van der Waals surface area (Å²) >= 11 is 0. The van der Waals surface area contributed by atoms with Crippen LogP contribution >= 0.6 is 0 Å². The molecule has 0 spiro atoms. The molecule has 0 radical (unpaired) electrons. The predicted molar refractivity (Wildman–Crippen MR) is 120 cm³/mol. The first-order chi connectivity index (χ1) is 15.0. The van der Waals surface area contributed by atoms with Crippen LogP contribution in [0.25, 0.3) is 11.6 Å². The average Bonchev–Trinajstić information content (AvgIpc) is 2.79. The Morgan fingerprint density at radius 2 is 1.74 bits per heavy atom. The molecular weight excluding hydrogens is 390 g/mol. The van der Waals surface area contributed by atoms with Crippen LogP contribution in [0, 0.1) is 25.2 Å². The zero-order valence-corrected chi connectivity index (χ0v) is 17.7. The van der Waals surface area contributed by atoms with Gasteiger partial charge in [0, 0.05) is 0 Å². The summed E-state index contributed by atoms with van der Waals surface area (Å²) in [6.45, 7) is 3.70. The standard InChI is InChI=1S/C26H23NO4/c1-18-8-7-11-23(19(18)2)30-17-26(28)31-24-13-12-20(15-25(24)29-3)14-22(16-27)21-9-5-4-6-10-21/h4-15H,17H2,1-3H3/b22-14-. The lowest BCUT2D eigenvalue weighted by Gasteiger charge is -2.12. The third-order valence-corrected chi connectivity index (χ3v) is 4.83. The number of nitrogens with zero attached hydrogens (tertiary/aromatic N) is 1. The Morgan fingerprint density at radius 1 is 0.968 bits per heavy atom. The molecule has 0 aromatic heterocycles. The van der Waals surface area contributed by atoms with E-state index in [1.54, 1.807) is 24.3 Å². The molecule has 0 saturated carbocycles. The van der Waals surface area contributed by atoms with Gasteiger partial charge in [0.25, 0.3) is 0 Å². The number of esters is 1. The number of benzene rings is 3. The van der Waals surface area contributed by atoms with Crippen LogP contribution in [-0.2, 0) is 4.79 Å². The summed E-state index contributed by atoms with van der Waals surface area (Å²) in [5.74, 6) is 0.783. The van der Waals surface area contributed by atoms with Gasteiger partial charge in [0.05, 0.1) is 18.8 Å². The lowest BCUT2D eigenvalue weighted by Crippen LogP contribution is -2.18. The van der Waals surface area contributed by atoms with Crippen molar-refractivity contribution in [2.24, 2.45) is 0 Å². The van der Waals surface area contributed by atoms with Gasteiger partial charge in [-0.2, -0.15) is 5.26 Å². The van der Waals surface area contributed by atoms with Crippen LogP contribution in [0.1, 0.15) is 22.3 Å². The van der Waals surface area contributed by atoms with Crippen LogP contribution in [0.15, 0.2) is 66.7 Å². The van der Waals surface area contributed by atoms with E-state index >= 15 is 0 Å². The van der Waals surface area contributed by atoms with E-state index in [1.807, 2.05) is 62.4 Å². The molecule has 3 rings (SSSR count). The van der Waals surface area contributed by atoms with E-state index in [1.165, 1.54) is 7.11 Å². The molecule has 5 heteroatoms. The van der Waals surface area contributed by atoms with Crippen molar-refractivity contribution in [1.29, 1.82) is 5.26 Å². The quantitative estimate of drug-likeness (QED) is 0.226. The topological polar surface area (TPSA) is 68.5 Å². The first kappa shape index (κ1) is 21.7. The van der Waals surface area contributed by atoms with Gasteiger partial charge in [-0.05, 0) is 60.4 Å². The van der Waals surface area contributed by atoms with Crippen molar-refractivity contribution < 1.29 is 19.0 Å². The van der Waals surface area contributed by atoms with Gasteiger partial charge < -0.3 is 14.2 Å². The molecule has 0 aliphatic carbocycles. The number of hydrogen-bond acceptors (Lipinski definition) is 5. The summed E-state index contributed by atoms with van der Waals surface area (Å²) in [7, 11) is 1.50. The number of methoxy groups -OCH3 is 1. The normalized spacial score (nSPS) is 10.8. The van der Waals surface area contributed by atoms with Crippen molar-refractivity contribution in [3.63, 3.8) is 0 Å². The highest BCUT2D eigenvalue weighted by molar-refractivity contribution is 5.89. The Morgan fingerprint density at radius 3 is 2.45 bits per heavy atom. The number of aryl methyl sites for hydroxylation is 1. The maximum absolute atomic E-state index is 12.3. The van der Waals surface area contributed by atoms with Gasteiger partial charge in [-0.15, -0.1) is 0 Å². The van der Waals surface area contributed by atoms with E-state index in [0.717, 1.165) is 22.3 Å². The van der Waals surface area contributed by atoms with Crippen LogP contribution in [0.3, 0.4) is 0 Å². The molecule has 0 aliphatic heterocycles. The van der Waals surface area contributed by atoms with E-state index < -0.39 is 5.97 Å². The van der Waals surface area contributed by atoms with Crippen LogP contribution in [0.4, 0.5) is 0 Å². The Bertz CT molecular complexity index is 1140. The number of carbonyl (C=O) groups excluding carboxylic acids is 1. The fourth-order valence-electron chi connectivity index (χ4n) is 2.99. The average molecular weight is 413 g/mol. The van der Waals surface area contributed by atoms with Crippen LogP contribution < -0.4 is 14.2 Å². The summed E-state index contributed by atoms with van der Waals surface area (Å²) in [5.41, 5.74) is 4.17. The highest BCUT2D eigenvalue weighted by Gasteiger charge is 2.13. The second kappa shape index (κ2) is 10.1. The third kappa shape index (κ3) is 5.52. The number of carbonyl (C=O) groups is 1. The number of rotatable bonds is 7. The molecule has 0 N–H and O–H groups in total. The van der Waals surface area contributed by atoms with E-state index in [4.69, 9.17) is 14.2 Å². The molecule has 0 aliphatic rings. The Hall–Kier alpha value is -4.04. The highest BCUT2D eigenvalue weighted by atomic mass is 16.6. The summed E-state index contributed by atoms with van der Waals surface area (Å²) in [5, 5.41) is 9.50. The van der Waals surface area contributed by atoms with Crippen LogP contribution in [0.2, 0.25) is 0 Å². The molecule has 0 unspecified atom stereocenters. The van der Waals surface area contributed by atoms with Crippen molar-refractivity contribution in [2.45, 2.75) is 13.8 Å². The van der Waals surface area contributed by atoms with E-state index in [-0.39, 0.29) is 12.4 Å². The van der Waals surface area contributed by atoms with E-state index in [0.29, 0.717) is 17.1 Å². The summed E-state index contributed by atoms with van der Waals surface area (Å²) in [6, 6.07) is 22.4. The molecule has 3 aromatic rings. The van der Waals surface area contributed by atoms with Crippen molar-refractivity contribution in [3.8, 4) is 23.3 Å². The van der Waals surface area contributed by atoms with Gasteiger partial charge in [0.2, 0.25) is 0 Å². The second-order valence-electron chi connectivity index (χ2n) is 6.91. The Labute approximate surface area is 182 Å². The Balaban J connectivity index is 1.72. The maximum Gasteiger partial charge on any atom is 0.349 e. The van der Waals surface area contributed by atoms with Crippen LogP contribution in [-0.4, -0.2) is 19.7 Å². The maximum atomic E-state index is 12.3. The van der Waals surface area contributed by atoms with Crippen molar-refractivity contribution >= 4 is 17.6 Å². The molecule has 0 saturated heterocycles. The minimum atomic E-state index is -0.538. The van der Waals surface area contributed by atoms with Crippen molar-refractivity contribution in [1.82, 2.24) is 0 Å². The van der Waals surface area contributed by atoms with Gasteiger partial charge in [0.1, 0.15) is 5.75 Å². The zero-order chi connectivity index (χ0) is 22.2. The number of hydrogen-bond donors (Lipinski definition) is 0. The molecule has 31 heavy (non-hydrogen) atoms. The van der Waals surface area contributed by atoms with Crippen LogP contribution in [0.5, 0.6) is 17.2 Å². The molecule has 3 aromatic carbocycles. The fraction of sp³-hybridized carbons (Fsp3) is 0.154. The number of allylic oxidation sites excluding steroid dienone is 1. The molecular formula is C26H23NO4. The summed E-state index contributed by atoms with van der Waals surface area (Å²) in [6.07, 6.45) is 1.76. The van der Waals surface area contributed by atoms with Gasteiger partial charge in [-0.1, -0.05) is 48.5 Å². The fourth-order valence-corrected chi connectivity index (χ4v) is 2.99. The predicted octanol–water partition coefficient (Wildman–Crippen LogP) is 5.36. The minimum Gasteiger partial charge on any atom is -0.493 e. The van der Waals surface area contributed by atoms with Crippen molar-refractivity contribution in [2.75, 3.05) is 13.7 Å². The van der Waals surface area contributed by atoms with Gasteiger partial charge in [0.15, 0.2) is 18.1 Å². The molecule has 0 fully saturated rings. The molecule has 156 valence electrons. The summed E-state index contributed by atoms with van der Waals surface area (Å²) < 4.78 is 16.4. The summed E-state index contributed by atoms with van der Waals surface area (Å²) in [4.78, 5) is 12.3. The first-order valence-corrected chi connectivity index (χ1v) is 9.76. The minimum absolute atomic E-state index is 0.221. The molecule has 0 atom stereocenters. The lowest BCUT2D eigenvalue weighted by molar-refractivity contribution is -0.136. The van der Waals surface area contributed by atoms with Crippen molar-refractivity contribution in [3.05, 3.63) is 89.0 Å². The van der Waals surface area contributed by atoms with Gasteiger partial charge in [-0.25, -0.2) is 4.79 Å². The molecule has 0 amide bonds. The number of nitriles is 1. The van der Waals surface area contributed by atoms with Gasteiger partial charge in [-0.3, -0.25) is 0 Å². The highest BCUT2D eigenvalue weighted by Crippen LogP contribution is 2.30. The molecule has 0 bridgehead atoms. The Kier molecular flexibility index (Phi) is 7.08. The van der Waals surface area contributed by atoms with E-state index in [2.05, 4.69) is 6.07 Å². The van der Waals surface area contributed by atoms with Gasteiger partial charge >= 0.3 is 5.97 Å². The molecule has 0 heterocycles. The smallest absolute Gasteiger partial charge is 0.349 e. The third-order valence-electron chi connectivity index (χ3n) is 4.83. The monoisotopic (exact) mass is 413 g/mol. The molecule has 5 nitrogen and oxygen atoms in total. The zero-order valence-electron chi connectivity index (χ0n) is 17.7. The van der Waals surface area contributed by atoms with E-state index in [9.17, 15) is 10.1 Å². The largest absolute Gasteiger partial charge is 0.493 e. The first-order valence-electron chi connectivity index (χ1n) is 9.76.